The lowest BCUT2D eigenvalue weighted by molar-refractivity contribution is -0.197. The standard InChI is InChI=1S/C23H26N4O3.C10H15NO/c1-24-16-21(29)27-20(26(24)17-28)15-25(14-8-11-18-9-4-2-5-10-18)23(30)22(27)19-12-6-3-7-13-19;1-11-8-9-4-3-5-10(12-2)7-6-9/h2-7,9-10,12-13,17,20,22H,8,11,14-16H2,1H3;3,5-7,11H,4,8H2,1-2H3/t20?,22-;/m0./s1. The number of hydrazine groups is 1. The van der Waals surface area contributed by atoms with Crippen molar-refractivity contribution in [1.29, 1.82) is 0 Å². The van der Waals surface area contributed by atoms with Gasteiger partial charge in [0.2, 0.25) is 18.2 Å². The molecule has 3 aliphatic rings. The number of carbonyl (C=O) groups is 3. The number of nitrogens with zero attached hydrogens (tertiary/aromatic N) is 4. The number of benzene rings is 2. The molecule has 5 rings (SSSR count). The summed E-state index contributed by atoms with van der Waals surface area (Å²) in [5.41, 5.74) is 3.37. The topological polar surface area (TPSA) is 85.4 Å². The third-order valence-corrected chi connectivity index (χ3v) is 7.62. The maximum atomic E-state index is 13.5. The van der Waals surface area contributed by atoms with Gasteiger partial charge in [-0.1, -0.05) is 78.4 Å². The first kappa shape index (κ1) is 30.7. The number of rotatable bonds is 9. The summed E-state index contributed by atoms with van der Waals surface area (Å²) >= 11 is 0. The summed E-state index contributed by atoms with van der Waals surface area (Å²) in [4.78, 5) is 41.5. The number of allylic oxidation sites excluding steroid dienone is 4. The highest BCUT2D eigenvalue weighted by Crippen LogP contribution is 2.33. The summed E-state index contributed by atoms with van der Waals surface area (Å²) in [6, 6.07) is 18.8. The molecule has 2 fully saturated rings. The fraction of sp³-hybridized carbons (Fsp3) is 0.364. The second kappa shape index (κ2) is 15.1. The Hall–Kier alpha value is -4.21. The highest BCUT2D eigenvalue weighted by atomic mass is 16.5. The van der Waals surface area contributed by atoms with Crippen molar-refractivity contribution >= 4 is 18.2 Å². The molecule has 2 aromatic carbocycles. The molecule has 1 aliphatic carbocycles. The highest BCUT2D eigenvalue weighted by molar-refractivity contribution is 5.91. The molecule has 2 aliphatic heterocycles. The molecule has 2 saturated heterocycles. The zero-order valence-corrected chi connectivity index (χ0v) is 24.7. The monoisotopic (exact) mass is 571 g/mol. The van der Waals surface area contributed by atoms with E-state index in [4.69, 9.17) is 4.74 Å². The Morgan fingerprint density at radius 1 is 1.02 bits per heavy atom. The minimum Gasteiger partial charge on any atom is -0.497 e. The van der Waals surface area contributed by atoms with Gasteiger partial charge in [-0.3, -0.25) is 19.4 Å². The molecule has 2 heterocycles. The Morgan fingerprint density at radius 3 is 2.40 bits per heavy atom. The van der Waals surface area contributed by atoms with E-state index in [0.717, 1.165) is 43.5 Å². The molecule has 3 amide bonds. The smallest absolute Gasteiger partial charge is 0.250 e. The molecule has 42 heavy (non-hydrogen) atoms. The van der Waals surface area contributed by atoms with Gasteiger partial charge in [0.25, 0.3) is 0 Å². The van der Waals surface area contributed by atoms with E-state index in [1.807, 2.05) is 67.7 Å². The summed E-state index contributed by atoms with van der Waals surface area (Å²) in [6.07, 6.45) is 11.1. The zero-order valence-electron chi connectivity index (χ0n) is 24.7. The number of likely N-dealkylation sites (N-methyl/N-ethyl adjacent to an activating group) is 2. The quantitative estimate of drug-likeness (QED) is 0.465. The number of hydrogen-bond acceptors (Lipinski definition) is 6. The molecule has 0 bridgehead atoms. The Bertz CT molecular complexity index is 1290. The second-order valence-corrected chi connectivity index (χ2v) is 10.5. The molecular formula is C33H41N5O4. The molecule has 0 radical (unpaired) electrons. The summed E-state index contributed by atoms with van der Waals surface area (Å²) < 4.78 is 5.11. The van der Waals surface area contributed by atoms with E-state index < -0.39 is 12.2 Å². The lowest BCUT2D eigenvalue weighted by Crippen LogP contribution is -2.71. The van der Waals surface area contributed by atoms with Gasteiger partial charge < -0.3 is 19.9 Å². The van der Waals surface area contributed by atoms with E-state index >= 15 is 0 Å². The average Bonchev–Trinajstić information content (AvgIpc) is 3.24. The first-order valence-corrected chi connectivity index (χ1v) is 14.3. The van der Waals surface area contributed by atoms with Gasteiger partial charge >= 0.3 is 0 Å². The number of nitrogens with one attached hydrogen (secondary N) is 1. The van der Waals surface area contributed by atoms with Gasteiger partial charge in [0, 0.05) is 20.1 Å². The minimum absolute atomic E-state index is 0.0693. The van der Waals surface area contributed by atoms with Crippen LogP contribution in [0.25, 0.3) is 0 Å². The minimum atomic E-state index is -0.717. The van der Waals surface area contributed by atoms with Crippen molar-refractivity contribution in [2.45, 2.75) is 31.5 Å². The summed E-state index contributed by atoms with van der Waals surface area (Å²) in [5, 5.41) is 6.27. The van der Waals surface area contributed by atoms with Crippen LogP contribution in [0.15, 0.2) is 96.3 Å². The van der Waals surface area contributed by atoms with Crippen molar-refractivity contribution in [2.75, 3.05) is 47.4 Å². The second-order valence-electron chi connectivity index (χ2n) is 10.5. The summed E-state index contributed by atoms with van der Waals surface area (Å²) in [6.45, 7) is 1.90. The van der Waals surface area contributed by atoms with Crippen LogP contribution in [0.5, 0.6) is 0 Å². The Kier molecular flexibility index (Phi) is 11.1. The predicted molar refractivity (Wildman–Crippen MR) is 163 cm³/mol. The highest BCUT2D eigenvalue weighted by Gasteiger charge is 2.49. The van der Waals surface area contributed by atoms with Gasteiger partial charge in [0.15, 0.2) is 0 Å². The fourth-order valence-corrected chi connectivity index (χ4v) is 5.50. The molecule has 2 aromatic rings. The van der Waals surface area contributed by atoms with E-state index in [2.05, 4.69) is 29.6 Å². The lowest BCUT2D eigenvalue weighted by Gasteiger charge is -2.53. The van der Waals surface area contributed by atoms with E-state index in [1.54, 1.807) is 29.0 Å². The first-order chi connectivity index (χ1) is 20.5. The van der Waals surface area contributed by atoms with Crippen LogP contribution >= 0.6 is 0 Å². The molecule has 0 saturated carbocycles. The van der Waals surface area contributed by atoms with Gasteiger partial charge in [0.1, 0.15) is 18.0 Å². The molecule has 1 unspecified atom stereocenters. The number of amides is 3. The van der Waals surface area contributed by atoms with Gasteiger partial charge in [-0.05, 0) is 49.6 Å². The van der Waals surface area contributed by atoms with Gasteiger partial charge in [-0.25, -0.2) is 5.01 Å². The fourth-order valence-electron chi connectivity index (χ4n) is 5.50. The number of carbonyl (C=O) groups excluding carboxylic acids is 3. The van der Waals surface area contributed by atoms with Crippen LogP contribution in [0.1, 0.15) is 30.0 Å². The van der Waals surface area contributed by atoms with E-state index in [1.165, 1.54) is 16.1 Å². The average molecular weight is 572 g/mol. The van der Waals surface area contributed by atoms with Crippen molar-refractivity contribution in [3.05, 3.63) is 107 Å². The van der Waals surface area contributed by atoms with Crippen molar-refractivity contribution < 1.29 is 19.1 Å². The SMILES string of the molecule is CN1CC(=O)N2C(CN(CCCc3ccccc3)C(=O)[C@@H]2c2ccccc2)N1C=O.CNCC1=CC=C(OC)C=CC1. The Balaban J connectivity index is 0.000000283. The molecule has 9 nitrogen and oxygen atoms in total. The maximum absolute atomic E-state index is 13.5. The summed E-state index contributed by atoms with van der Waals surface area (Å²) in [7, 11) is 5.36. The van der Waals surface area contributed by atoms with Gasteiger partial charge in [-0.15, -0.1) is 0 Å². The Labute approximate surface area is 248 Å². The first-order valence-electron chi connectivity index (χ1n) is 14.3. The van der Waals surface area contributed by atoms with Crippen molar-refractivity contribution in [2.24, 2.45) is 0 Å². The molecule has 9 heteroatoms. The lowest BCUT2D eigenvalue weighted by atomic mass is 9.98. The number of ether oxygens (including phenoxy) is 1. The largest absolute Gasteiger partial charge is 0.497 e. The molecule has 222 valence electrons. The third kappa shape index (κ3) is 7.54. The van der Waals surface area contributed by atoms with Crippen LogP contribution in [0.2, 0.25) is 0 Å². The van der Waals surface area contributed by atoms with Crippen LogP contribution in [-0.4, -0.2) is 91.6 Å². The number of hydrogen-bond donors (Lipinski definition) is 1. The van der Waals surface area contributed by atoms with Gasteiger partial charge in [0.05, 0.1) is 20.2 Å². The van der Waals surface area contributed by atoms with E-state index in [9.17, 15) is 14.4 Å². The van der Waals surface area contributed by atoms with Crippen LogP contribution in [0, 0.1) is 0 Å². The van der Waals surface area contributed by atoms with Crippen LogP contribution in [-0.2, 0) is 25.5 Å². The molecule has 2 atom stereocenters. The van der Waals surface area contributed by atoms with Crippen molar-refractivity contribution in [3.63, 3.8) is 0 Å². The normalized spacial score (nSPS) is 20.6. The number of piperazine rings is 1. The maximum Gasteiger partial charge on any atom is 0.250 e. The molecular weight excluding hydrogens is 530 g/mol. The molecule has 0 aromatic heterocycles. The van der Waals surface area contributed by atoms with Crippen LogP contribution in [0.4, 0.5) is 0 Å². The molecule has 0 spiro atoms. The molecule has 1 N–H and O–H groups in total. The van der Waals surface area contributed by atoms with Crippen molar-refractivity contribution in [1.82, 2.24) is 25.1 Å². The van der Waals surface area contributed by atoms with Crippen LogP contribution < -0.4 is 5.32 Å². The third-order valence-electron chi connectivity index (χ3n) is 7.62. The number of fused-ring (bicyclic) bond motifs is 1. The predicted octanol–water partition coefficient (Wildman–Crippen LogP) is 3.30. The van der Waals surface area contributed by atoms with Gasteiger partial charge in [-0.2, -0.15) is 0 Å². The zero-order chi connectivity index (χ0) is 29.9. The Morgan fingerprint density at radius 2 is 1.74 bits per heavy atom. The summed E-state index contributed by atoms with van der Waals surface area (Å²) in [5.74, 6) is 0.683. The van der Waals surface area contributed by atoms with Crippen molar-refractivity contribution in [3.8, 4) is 0 Å². The van der Waals surface area contributed by atoms with Crippen LogP contribution in [0.3, 0.4) is 0 Å². The van der Waals surface area contributed by atoms with E-state index in [-0.39, 0.29) is 18.4 Å². The number of methoxy groups -OCH3 is 1. The van der Waals surface area contributed by atoms with E-state index in [0.29, 0.717) is 13.1 Å². The number of aryl methyl sites for hydroxylation is 1.